The minimum atomic E-state index is -0.235. The predicted octanol–water partition coefficient (Wildman–Crippen LogP) is 4.89. The number of carbonyl (C=O) groups is 1. The number of benzene rings is 2. The molecule has 4 rings (SSSR count). The summed E-state index contributed by atoms with van der Waals surface area (Å²) < 4.78 is 10.7. The maximum atomic E-state index is 13.0. The maximum absolute atomic E-state index is 13.0. The van der Waals surface area contributed by atoms with Gasteiger partial charge in [0, 0.05) is 17.8 Å². The van der Waals surface area contributed by atoms with Crippen LogP contribution in [-0.2, 0) is 0 Å². The molecule has 1 saturated heterocycles. The highest BCUT2D eigenvalue weighted by molar-refractivity contribution is 5.89. The monoisotopic (exact) mass is 392 g/mol. The molecule has 2 heterocycles. The number of hydrogen-bond donors (Lipinski definition) is 1. The number of nitrogens with zero attached hydrogens (tertiary/aromatic N) is 3. The molecule has 2 aromatic carbocycles. The molecule has 7 nitrogen and oxygen atoms in total. The summed E-state index contributed by atoms with van der Waals surface area (Å²) in [5.41, 5.74) is 1.61. The largest absolute Gasteiger partial charge is 0.497 e. The van der Waals surface area contributed by atoms with Gasteiger partial charge in [-0.1, -0.05) is 48.3 Å². The van der Waals surface area contributed by atoms with Gasteiger partial charge in [0.15, 0.2) is 0 Å². The second-order valence-electron chi connectivity index (χ2n) is 7.04. The van der Waals surface area contributed by atoms with E-state index in [1.165, 1.54) is 0 Å². The van der Waals surface area contributed by atoms with Crippen LogP contribution in [0.5, 0.6) is 5.75 Å². The summed E-state index contributed by atoms with van der Waals surface area (Å²) in [7, 11) is 1.61. The van der Waals surface area contributed by atoms with Crippen LogP contribution < -0.4 is 10.1 Å². The van der Waals surface area contributed by atoms with Gasteiger partial charge < -0.3 is 19.5 Å². The van der Waals surface area contributed by atoms with E-state index < -0.39 is 0 Å². The average Bonchev–Trinajstić information content (AvgIpc) is 3.12. The molecule has 1 fully saturated rings. The summed E-state index contributed by atoms with van der Waals surface area (Å²) >= 11 is 0. The molecule has 1 aliphatic heterocycles. The van der Waals surface area contributed by atoms with Crippen molar-refractivity contribution in [2.45, 2.75) is 31.7 Å². The minimum Gasteiger partial charge on any atom is -0.497 e. The molecule has 0 aliphatic carbocycles. The van der Waals surface area contributed by atoms with Gasteiger partial charge in [-0.25, -0.2) is 4.79 Å². The molecule has 1 unspecified atom stereocenters. The van der Waals surface area contributed by atoms with Crippen LogP contribution in [0.3, 0.4) is 0 Å². The quantitative estimate of drug-likeness (QED) is 0.683. The third-order valence-electron chi connectivity index (χ3n) is 5.11. The van der Waals surface area contributed by atoms with Crippen LogP contribution in [-0.4, -0.2) is 34.7 Å². The highest BCUT2D eigenvalue weighted by Crippen LogP contribution is 2.31. The molecule has 29 heavy (non-hydrogen) atoms. The SMILES string of the molecule is COc1ccc(NC(=O)N2CCCCCC2c2nc(-c3ccccc3)no2)cc1. The third-order valence-corrected chi connectivity index (χ3v) is 5.11. The van der Waals surface area contributed by atoms with Crippen LogP contribution >= 0.6 is 0 Å². The standard InChI is InChI=1S/C22H24N4O3/c1-28-18-13-11-17(12-14-18)23-22(27)26-15-7-3-6-10-19(26)21-24-20(25-29-21)16-8-4-2-5-9-16/h2,4-5,8-9,11-14,19H,3,6-7,10,15H2,1H3,(H,23,27). The zero-order chi connectivity index (χ0) is 20.1. The maximum Gasteiger partial charge on any atom is 0.322 e. The fourth-order valence-electron chi connectivity index (χ4n) is 3.55. The van der Waals surface area contributed by atoms with Gasteiger partial charge >= 0.3 is 6.03 Å². The Kier molecular flexibility index (Phi) is 5.74. The van der Waals surface area contributed by atoms with Crippen LogP contribution in [0.25, 0.3) is 11.4 Å². The number of carbonyl (C=O) groups excluding carboxylic acids is 1. The highest BCUT2D eigenvalue weighted by atomic mass is 16.5. The lowest BCUT2D eigenvalue weighted by Crippen LogP contribution is -2.38. The van der Waals surface area contributed by atoms with Crippen molar-refractivity contribution in [3.8, 4) is 17.1 Å². The van der Waals surface area contributed by atoms with Crippen molar-refractivity contribution >= 4 is 11.7 Å². The lowest BCUT2D eigenvalue weighted by atomic mass is 10.1. The number of urea groups is 1. The van der Waals surface area contributed by atoms with E-state index in [9.17, 15) is 4.79 Å². The molecule has 2 amide bonds. The van der Waals surface area contributed by atoms with Gasteiger partial charge in [-0.15, -0.1) is 0 Å². The molecule has 0 bridgehead atoms. The number of hydrogen-bond acceptors (Lipinski definition) is 5. The number of anilines is 1. The molecule has 1 aliphatic rings. The van der Waals surface area contributed by atoms with Gasteiger partial charge in [0.2, 0.25) is 11.7 Å². The zero-order valence-corrected chi connectivity index (χ0v) is 16.4. The van der Waals surface area contributed by atoms with Crippen LogP contribution in [0.4, 0.5) is 10.5 Å². The summed E-state index contributed by atoms with van der Waals surface area (Å²) in [6, 6.07) is 16.6. The number of likely N-dealkylation sites (tertiary alicyclic amines) is 1. The average molecular weight is 392 g/mol. The first-order valence-electron chi connectivity index (χ1n) is 9.85. The van der Waals surface area contributed by atoms with E-state index in [4.69, 9.17) is 9.26 Å². The second kappa shape index (κ2) is 8.77. The summed E-state index contributed by atoms with van der Waals surface area (Å²) in [6.45, 7) is 0.649. The van der Waals surface area contributed by atoms with Crippen molar-refractivity contribution in [3.63, 3.8) is 0 Å². The number of amides is 2. The highest BCUT2D eigenvalue weighted by Gasteiger charge is 2.31. The van der Waals surface area contributed by atoms with E-state index in [-0.39, 0.29) is 12.1 Å². The number of nitrogens with one attached hydrogen (secondary N) is 1. The first-order valence-corrected chi connectivity index (χ1v) is 9.85. The molecular weight excluding hydrogens is 368 g/mol. The fraction of sp³-hybridized carbons (Fsp3) is 0.318. The lowest BCUT2D eigenvalue weighted by molar-refractivity contribution is 0.171. The number of ether oxygens (including phenoxy) is 1. The minimum absolute atomic E-state index is 0.165. The van der Waals surface area contributed by atoms with Gasteiger partial charge in [-0.3, -0.25) is 0 Å². The van der Waals surface area contributed by atoms with Gasteiger partial charge in [0.05, 0.1) is 7.11 Å². The Labute approximate surface area is 169 Å². The van der Waals surface area contributed by atoms with E-state index in [1.807, 2.05) is 54.6 Å². The summed E-state index contributed by atoms with van der Waals surface area (Å²) in [4.78, 5) is 19.4. The Morgan fingerprint density at radius 1 is 1.10 bits per heavy atom. The number of aromatic nitrogens is 2. The molecule has 7 heteroatoms. The summed E-state index contributed by atoms with van der Waals surface area (Å²) in [5, 5.41) is 7.10. The van der Waals surface area contributed by atoms with Gasteiger partial charge in [-0.05, 0) is 37.1 Å². The molecular formula is C22H24N4O3. The Hall–Kier alpha value is -3.35. The Bertz CT molecular complexity index is 940. The van der Waals surface area contributed by atoms with Gasteiger partial charge in [-0.2, -0.15) is 4.98 Å². The molecule has 1 N–H and O–H groups in total. The Balaban J connectivity index is 1.54. The van der Waals surface area contributed by atoms with Crippen molar-refractivity contribution < 1.29 is 14.1 Å². The van der Waals surface area contributed by atoms with Crippen LogP contribution in [0.2, 0.25) is 0 Å². The number of rotatable bonds is 4. The predicted molar refractivity (Wildman–Crippen MR) is 110 cm³/mol. The van der Waals surface area contributed by atoms with E-state index in [2.05, 4.69) is 15.5 Å². The van der Waals surface area contributed by atoms with E-state index in [1.54, 1.807) is 12.0 Å². The van der Waals surface area contributed by atoms with Crippen molar-refractivity contribution in [1.29, 1.82) is 0 Å². The van der Waals surface area contributed by atoms with Crippen molar-refractivity contribution in [2.24, 2.45) is 0 Å². The number of methoxy groups -OCH3 is 1. The summed E-state index contributed by atoms with van der Waals surface area (Å²) in [5.74, 6) is 1.77. The molecule has 0 spiro atoms. The van der Waals surface area contributed by atoms with Crippen molar-refractivity contribution in [1.82, 2.24) is 15.0 Å². The van der Waals surface area contributed by atoms with Crippen molar-refractivity contribution in [3.05, 3.63) is 60.5 Å². The van der Waals surface area contributed by atoms with Crippen LogP contribution in [0.15, 0.2) is 59.1 Å². The topological polar surface area (TPSA) is 80.5 Å². The van der Waals surface area contributed by atoms with Crippen LogP contribution in [0.1, 0.15) is 37.6 Å². The lowest BCUT2D eigenvalue weighted by Gasteiger charge is -2.27. The fourth-order valence-corrected chi connectivity index (χ4v) is 3.55. The van der Waals surface area contributed by atoms with Crippen LogP contribution in [0, 0.1) is 0 Å². The Morgan fingerprint density at radius 2 is 1.90 bits per heavy atom. The molecule has 3 aromatic rings. The van der Waals surface area contributed by atoms with E-state index in [0.717, 1.165) is 37.0 Å². The van der Waals surface area contributed by atoms with Crippen molar-refractivity contribution in [2.75, 3.05) is 19.0 Å². The third kappa shape index (κ3) is 4.39. The smallest absolute Gasteiger partial charge is 0.322 e. The normalized spacial score (nSPS) is 16.9. The molecule has 150 valence electrons. The molecule has 1 atom stereocenters. The first kappa shape index (κ1) is 19.0. The summed E-state index contributed by atoms with van der Waals surface area (Å²) in [6.07, 6.45) is 3.83. The van der Waals surface area contributed by atoms with Gasteiger partial charge in [0.1, 0.15) is 11.8 Å². The van der Waals surface area contributed by atoms with E-state index in [0.29, 0.717) is 23.9 Å². The zero-order valence-electron chi connectivity index (χ0n) is 16.4. The van der Waals surface area contributed by atoms with E-state index >= 15 is 0 Å². The molecule has 0 radical (unpaired) electrons. The Morgan fingerprint density at radius 3 is 2.66 bits per heavy atom. The van der Waals surface area contributed by atoms with Gasteiger partial charge in [0.25, 0.3) is 0 Å². The molecule has 0 saturated carbocycles. The molecule has 1 aromatic heterocycles. The first-order chi connectivity index (χ1) is 14.2. The second-order valence-corrected chi connectivity index (χ2v) is 7.04.